The predicted molar refractivity (Wildman–Crippen MR) is 103 cm³/mol. The normalized spacial score (nSPS) is 12.8. The van der Waals surface area contributed by atoms with E-state index in [-0.39, 0.29) is 0 Å². The maximum absolute atomic E-state index is 4.80. The summed E-state index contributed by atoms with van der Waals surface area (Å²) >= 11 is 0. The first-order valence-corrected chi connectivity index (χ1v) is 8.69. The number of aromatic amines is 1. The Hall–Kier alpha value is -2.99. The molecule has 0 bridgehead atoms. The quantitative estimate of drug-likeness (QED) is 0.601. The lowest BCUT2D eigenvalue weighted by Crippen LogP contribution is -2.16. The first-order chi connectivity index (χ1) is 12.6. The SMILES string of the molecule is CC(c1cccc(-c2nc3c(cnn3Cc3cccnc3)[nH]2)c1)N(C)C. The van der Waals surface area contributed by atoms with Gasteiger partial charge in [-0.25, -0.2) is 9.67 Å². The Morgan fingerprint density at radius 2 is 2.04 bits per heavy atom. The van der Waals surface area contributed by atoms with Gasteiger partial charge in [-0.2, -0.15) is 5.10 Å². The van der Waals surface area contributed by atoms with Gasteiger partial charge in [0.05, 0.1) is 12.7 Å². The van der Waals surface area contributed by atoms with Gasteiger partial charge in [0.1, 0.15) is 11.3 Å². The second-order valence-corrected chi connectivity index (χ2v) is 6.75. The zero-order valence-corrected chi connectivity index (χ0v) is 15.2. The van der Waals surface area contributed by atoms with Crippen molar-refractivity contribution < 1.29 is 0 Å². The van der Waals surface area contributed by atoms with E-state index >= 15 is 0 Å². The van der Waals surface area contributed by atoms with Crippen molar-refractivity contribution >= 4 is 11.2 Å². The Balaban J connectivity index is 1.67. The van der Waals surface area contributed by atoms with Crippen LogP contribution in [0.4, 0.5) is 0 Å². The molecule has 1 unspecified atom stereocenters. The third-order valence-electron chi connectivity index (χ3n) is 4.75. The summed E-state index contributed by atoms with van der Waals surface area (Å²) in [5.41, 5.74) is 5.25. The smallest absolute Gasteiger partial charge is 0.177 e. The maximum Gasteiger partial charge on any atom is 0.177 e. The van der Waals surface area contributed by atoms with E-state index in [1.165, 1.54) is 5.56 Å². The van der Waals surface area contributed by atoms with Crippen LogP contribution in [-0.2, 0) is 6.54 Å². The Labute approximate surface area is 152 Å². The molecule has 26 heavy (non-hydrogen) atoms. The van der Waals surface area contributed by atoms with E-state index in [0.717, 1.165) is 28.1 Å². The molecule has 132 valence electrons. The number of fused-ring (bicyclic) bond motifs is 1. The highest BCUT2D eigenvalue weighted by molar-refractivity contribution is 5.76. The minimum absolute atomic E-state index is 0.348. The molecule has 1 N–H and O–H groups in total. The van der Waals surface area contributed by atoms with E-state index in [0.29, 0.717) is 12.6 Å². The molecule has 0 aliphatic rings. The average Bonchev–Trinajstić information content (AvgIpc) is 3.24. The molecule has 0 aliphatic carbocycles. The van der Waals surface area contributed by atoms with Crippen LogP contribution in [-0.4, -0.2) is 43.7 Å². The summed E-state index contributed by atoms with van der Waals surface area (Å²) in [5, 5.41) is 4.44. The number of pyridine rings is 1. The van der Waals surface area contributed by atoms with Crippen molar-refractivity contribution in [2.24, 2.45) is 0 Å². The summed E-state index contributed by atoms with van der Waals surface area (Å²) in [6.07, 6.45) is 5.46. The van der Waals surface area contributed by atoms with Crippen molar-refractivity contribution in [3.05, 3.63) is 66.1 Å². The number of imidazole rings is 1. The number of nitrogens with one attached hydrogen (secondary N) is 1. The lowest BCUT2D eigenvalue weighted by molar-refractivity contribution is 0.321. The summed E-state index contributed by atoms with van der Waals surface area (Å²) in [7, 11) is 4.18. The van der Waals surface area contributed by atoms with Gasteiger partial charge < -0.3 is 9.88 Å². The highest BCUT2D eigenvalue weighted by Gasteiger charge is 2.13. The summed E-state index contributed by atoms with van der Waals surface area (Å²) < 4.78 is 1.90. The molecule has 0 aliphatic heterocycles. The molecule has 1 aromatic carbocycles. The molecule has 0 saturated heterocycles. The van der Waals surface area contributed by atoms with Gasteiger partial charge in [-0.05, 0) is 44.3 Å². The molecule has 0 spiro atoms. The van der Waals surface area contributed by atoms with E-state index in [4.69, 9.17) is 4.98 Å². The molecule has 0 fully saturated rings. The third kappa shape index (κ3) is 3.11. The fourth-order valence-corrected chi connectivity index (χ4v) is 3.01. The van der Waals surface area contributed by atoms with Gasteiger partial charge in [-0.1, -0.05) is 24.3 Å². The monoisotopic (exact) mass is 346 g/mol. The minimum Gasteiger partial charge on any atom is -0.335 e. The summed E-state index contributed by atoms with van der Waals surface area (Å²) in [5.74, 6) is 0.866. The van der Waals surface area contributed by atoms with Crippen LogP contribution in [0.5, 0.6) is 0 Å². The zero-order chi connectivity index (χ0) is 18.1. The van der Waals surface area contributed by atoms with Gasteiger partial charge in [-0.15, -0.1) is 0 Å². The van der Waals surface area contributed by atoms with Gasteiger partial charge in [-0.3, -0.25) is 4.98 Å². The molecule has 4 rings (SSSR count). The van der Waals surface area contributed by atoms with Crippen molar-refractivity contribution in [3.63, 3.8) is 0 Å². The van der Waals surface area contributed by atoms with Crippen molar-refractivity contribution in [1.29, 1.82) is 0 Å². The topological polar surface area (TPSA) is 62.6 Å². The molecular weight excluding hydrogens is 324 g/mol. The molecular formula is C20H22N6. The highest BCUT2D eigenvalue weighted by Crippen LogP contribution is 2.25. The van der Waals surface area contributed by atoms with Crippen LogP contribution in [0.15, 0.2) is 55.0 Å². The molecule has 6 nitrogen and oxygen atoms in total. The van der Waals surface area contributed by atoms with Crippen LogP contribution in [0.25, 0.3) is 22.6 Å². The van der Waals surface area contributed by atoms with Crippen molar-refractivity contribution in [3.8, 4) is 11.4 Å². The number of aromatic nitrogens is 5. The van der Waals surface area contributed by atoms with Gasteiger partial charge >= 0.3 is 0 Å². The highest BCUT2D eigenvalue weighted by atomic mass is 15.3. The molecule has 1 atom stereocenters. The van der Waals surface area contributed by atoms with E-state index in [1.807, 2.05) is 29.2 Å². The van der Waals surface area contributed by atoms with E-state index in [2.05, 4.69) is 65.3 Å². The van der Waals surface area contributed by atoms with E-state index in [9.17, 15) is 0 Å². The first-order valence-electron chi connectivity index (χ1n) is 8.69. The molecule has 3 heterocycles. The Kier molecular flexibility index (Phi) is 4.26. The number of hydrogen-bond acceptors (Lipinski definition) is 4. The molecule has 0 saturated carbocycles. The van der Waals surface area contributed by atoms with Gasteiger partial charge in [0, 0.05) is 24.0 Å². The fraction of sp³-hybridized carbons (Fsp3) is 0.250. The molecule has 6 heteroatoms. The van der Waals surface area contributed by atoms with Crippen LogP contribution in [0.3, 0.4) is 0 Å². The standard InChI is InChI=1S/C20H22N6/c1-14(25(2)3)16-7-4-8-17(10-16)19-23-18-12-22-26(20(18)24-19)13-15-6-5-9-21-11-15/h4-12,14H,13H2,1-3H3,(H,23,24). The van der Waals surface area contributed by atoms with E-state index < -0.39 is 0 Å². The minimum atomic E-state index is 0.348. The number of H-pyrrole nitrogens is 1. The number of nitrogens with zero attached hydrogens (tertiary/aromatic N) is 5. The number of hydrogen-bond donors (Lipinski definition) is 1. The summed E-state index contributed by atoms with van der Waals surface area (Å²) in [6.45, 7) is 2.85. The number of rotatable bonds is 5. The van der Waals surface area contributed by atoms with Gasteiger partial charge in [0.15, 0.2) is 5.65 Å². The first kappa shape index (κ1) is 16.5. The van der Waals surface area contributed by atoms with E-state index in [1.54, 1.807) is 6.20 Å². The van der Waals surface area contributed by atoms with Crippen LogP contribution in [0, 0.1) is 0 Å². The van der Waals surface area contributed by atoms with Crippen molar-refractivity contribution in [2.45, 2.75) is 19.5 Å². The van der Waals surface area contributed by atoms with Crippen molar-refractivity contribution in [2.75, 3.05) is 14.1 Å². The van der Waals surface area contributed by atoms with Gasteiger partial charge in [0.2, 0.25) is 0 Å². The van der Waals surface area contributed by atoms with Gasteiger partial charge in [0.25, 0.3) is 0 Å². The largest absolute Gasteiger partial charge is 0.335 e. The van der Waals surface area contributed by atoms with Crippen LogP contribution < -0.4 is 0 Å². The lowest BCUT2D eigenvalue weighted by Gasteiger charge is -2.20. The third-order valence-corrected chi connectivity index (χ3v) is 4.75. The Bertz CT molecular complexity index is 1020. The second-order valence-electron chi connectivity index (χ2n) is 6.75. The molecule has 0 radical (unpaired) electrons. The predicted octanol–water partition coefficient (Wildman–Crippen LogP) is 3.49. The number of benzene rings is 1. The zero-order valence-electron chi connectivity index (χ0n) is 15.2. The fourth-order valence-electron chi connectivity index (χ4n) is 3.01. The van der Waals surface area contributed by atoms with Crippen LogP contribution >= 0.6 is 0 Å². The average molecular weight is 346 g/mol. The summed E-state index contributed by atoms with van der Waals surface area (Å²) in [6, 6.07) is 12.8. The van der Waals surface area contributed by atoms with Crippen LogP contribution in [0.1, 0.15) is 24.1 Å². The maximum atomic E-state index is 4.80. The molecule has 0 amide bonds. The second kappa shape index (κ2) is 6.72. The molecule has 4 aromatic rings. The molecule has 3 aromatic heterocycles. The summed E-state index contributed by atoms with van der Waals surface area (Å²) in [4.78, 5) is 14.5. The Morgan fingerprint density at radius 1 is 1.15 bits per heavy atom. The Morgan fingerprint density at radius 3 is 2.81 bits per heavy atom. The lowest BCUT2D eigenvalue weighted by atomic mass is 10.0. The van der Waals surface area contributed by atoms with Crippen molar-refractivity contribution in [1.82, 2.24) is 29.6 Å². The van der Waals surface area contributed by atoms with Crippen LogP contribution in [0.2, 0.25) is 0 Å².